The van der Waals surface area contributed by atoms with Gasteiger partial charge in [0.2, 0.25) is 0 Å². The Bertz CT molecular complexity index is 228. The van der Waals surface area contributed by atoms with Gasteiger partial charge in [-0.15, -0.1) is 0 Å². The van der Waals surface area contributed by atoms with Crippen molar-refractivity contribution in [3.63, 3.8) is 0 Å². The third kappa shape index (κ3) is 3.15. The van der Waals surface area contributed by atoms with Crippen molar-refractivity contribution in [2.24, 2.45) is 0 Å². The second kappa shape index (κ2) is 3.01. The Kier molecular flexibility index (Phi) is 3.49. The molecule has 0 aliphatic carbocycles. The van der Waals surface area contributed by atoms with Gasteiger partial charge in [-0.05, 0) is 0 Å². The molecule has 0 aliphatic rings. The van der Waals surface area contributed by atoms with Crippen LogP contribution in [0.2, 0.25) is 0 Å². The molecular weight excluding hydrogens is 151 g/mol. The number of hydrogen-bond acceptors (Lipinski definition) is 2. The minimum atomic E-state index is -0.395. The maximum absolute atomic E-state index is 5.27. The average molecular weight is 154 g/mol. The van der Waals surface area contributed by atoms with E-state index >= 15 is 0 Å². The molecule has 0 unspecified atom stereocenters. The number of rotatable bonds is 0. The van der Waals surface area contributed by atoms with E-state index < -0.39 is 6.57 Å². The normalized spacial score (nSPS) is 7.83. The van der Waals surface area contributed by atoms with E-state index in [2.05, 4.69) is 22.4 Å². The van der Waals surface area contributed by atoms with Gasteiger partial charge in [0.15, 0.2) is 0 Å². The van der Waals surface area contributed by atoms with Gasteiger partial charge in [0.25, 0.3) is 0 Å². The van der Waals surface area contributed by atoms with Crippen LogP contribution < -0.4 is 0 Å². The Labute approximate surface area is 50.4 Å². The van der Waals surface area contributed by atoms with Crippen molar-refractivity contribution in [1.82, 2.24) is 0 Å². The molecule has 0 amide bonds. The molecule has 0 atom stereocenters. The van der Waals surface area contributed by atoms with Crippen LogP contribution in [-0.2, 0) is 37.6 Å². The fourth-order valence-corrected chi connectivity index (χ4v) is 0. The van der Waals surface area contributed by atoms with E-state index in [-0.39, 0.29) is 8.69 Å². The minimum absolute atomic E-state index is 0.210. The topological polar surface area (TPSA) is 0 Å². The van der Waals surface area contributed by atoms with Crippen LogP contribution in [0.25, 0.3) is 0 Å². The molecule has 0 N–H and O–H groups in total. The van der Waals surface area contributed by atoms with Gasteiger partial charge in [-0.3, -0.25) is 0 Å². The zero-order valence-electron chi connectivity index (χ0n) is 3.21. The van der Waals surface area contributed by atoms with E-state index in [1.807, 2.05) is 6.26 Å². The van der Waals surface area contributed by atoms with Crippen LogP contribution in [0, 0.1) is 0 Å². The van der Waals surface area contributed by atoms with Gasteiger partial charge in [-0.25, -0.2) is 0 Å². The third-order valence-corrected chi connectivity index (χ3v) is 5.80. The monoisotopic (exact) mass is 154 g/mol. The summed E-state index contributed by atoms with van der Waals surface area (Å²) in [5, 5.41) is 0. The molecule has 5 heteroatoms. The Morgan fingerprint density at radius 3 is 1.67 bits per heavy atom. The van der Waals surface area contributed by atoms with Gasteiger partial charge < -0.3 is 0 Å². The molecule has 0 aromatic rings. The predicted octanol–water partition coefficient (Wildman–Crippen LogP) is -0.225. The van der Waals surface area contributed by atoms with Crippen molar-refractivity contribution in [2.45, 2.75) is 0 Å². The zero-order valence-corrected chi connectivity index (χ0v) is 6.48. The van der Waals surface area contributed by atoms with Crippen LogP contribution in [0.1, 0.15) is 0 Å². The van der Waals surface area contributed by atoms with Crippen LogP contribution in [0.5, 0.6) is 0 Å². The molecule has 0 saturated heterocycles. The summed E-state index contributed by atoms with van der Waals surface area (Å²) in [4.78, 5) is 0. The van der Waals surface area contributed by atoms with Gasteiger partial charge in [0, 0.05) is 0 Å². The van der Waals surface area contributed by atoms with E-state index in [9.17, 15) is 0 Å². The standard InChI is InChI=1S/CH3BS4/c1-5(2)6(3)4/h1H3. The summed E-state index contributed by atoms with van der Waals surface area (Å²) < 4.78 is 0. The summed E-state index contributed by atoms with van der Waals surface area (Å²) in [6.07, 6.45) is 1.85. The molecule has 0 spiro atoms. The second-order valence-electron chi connectivity index (χ2n) is 0.703. The molecule has 0 rings (SSSR count). The van der Waals surface area contributed by atoms with Crippen LogP contribution in [-0.4, -0.2) is 12.8 Å². The van der Waals surface area contributed by atoms with Crippen LogP contribution in [0.15, 0.2) is 0 Å². The molecular formula is CH3BS4. The van der Waals surface area contributed by atoms with Crippen molar-refractivity contribution in [1.29, 1.82) is 0 Å². The van der Waals surface area contributed by atoms with Gasteiger partial charge in [-0.1, -0.05) is 0 Å². The molecule has 0 heterocycles. The first-order chi connectivity index (χ1) is 2.64. The van der Waals surface area contributed by atoms with E-state index in [0.29, 0.717) is 0 Å². The molecule has 0 aliphatic heterocycles. The first-order valence-corrected chi connectivity index (χ1v) is 6.43. The Morgan fingerprint density at radius 2 is 1.67 bits per heavy atom. The van der Waals surface area contributed by atoms with Gasteiger partial charge in [-0.2, -0.15) is 0 Å². The molecule has 0 fully saturated rings. The Balaban J connectivity index is 5.46. The van der Waals surface area contributed by atoms with Crippen molar-refractivity contribution in [3.05, 3.63) is 0 Å². The number of hydrogen-bond donors (Lipinski definition) is 0. The molecule has 6 heavy (non-hydrogen) atoms. The van der Waals surface area contributed by atoms with Crippen molar-refractivity contribution in [2.75, 3.05) is 6.26 Å². The van der Waals surface area contributed by atoms with E-state index in [0.717, 1.165) is 0 Å². The summed E-state index contributed by atoms with van der Waals surface area (Å²) in [6, 6.07) is 0. The quantitative estimate of drug-likeness (QED) is 0.442. The molecule has 0 aromatic heterocycles. The molecule has 34 valence electrons. The summed E-state index contributed by atoms with van der Waals surface area (Å²) in [7, 11) is -0.210. The first-order valence-electron chi connectivity index (χ1n) is 1.14. The van der Waals surface area contributed by atoms with Crippen LogP contribution in [0.3, 0.4) is 0 Å². The maximum atomic E-state index is 5.27. The fraction of sp³-hybridized carbons (Fsp3) is 1.00. The van der Waals surface area contributed by atoms with Gasteiger partial charge in [0.1, 0.15) is 0 Å². The second-order valence-corrected chi connectivity index (χ2v) is 8.58. The van der Waals surface area contributed by atoms with Crippen molar-refractivity contribution < 1.29 is 0 Å². The SMILES string of the molecule is B#S(C)=S(=S)=S. The molecule has 0 saturated carbocycles. The Morgan fingerprint density at radius 1 is 1.50 bits per heavy atom. The summed E-state index contributed by atoms with van der Waals surface area (Å²) >= 11 is 9.27. The fourth-order valence-electron chi connectivity index (χ4n) is 0. The van der Waals surface area contributed by atoms with E-state index in [1.54, 1.807) is 0 Å². The van der Waals surface area contributed by atoms with Gasteiger partial charge in [0.05, 0.1) is 0 Å². The molecule has 0 bridgehead atoms. The van der Waals surface area contributed by atoms with Crippen molar-refractivity contribution in [3.8, 4) is 0 Å². The predicted molar refractivity (Wildman–Crippen MR) is 41.1 cm³/mol. The Hall–Kier alpha value is 0.945. The zero-order chi connectivity index (χ0) is 5.15. The molecule has 0 radical (unpaired) electrons. The van der Waals surface area contributed by atoms with Crippen LogP contribution in [0.4, 0.5) is 0 Å². The summed E-state index contributed by atoms with van der Waals surface area (Å²) in [5.74, 6) is 0. The van der Waals surface area contributed by atoms with Crippen molar-refractivity contribution >= 4 is 44.2 Å². The third-order valence-electron chi connectivity index (χ3n) is 0.215. The van der Waals surface area contributed by atoms with E-state index in [1.165, 1.54) is 0 Å². The van der Waals surface area contributed by atoms with Crippen LogP contribution >= 0.6 is 0 Å². The van der Waals surface area contributed by atoms with E-state index in [4.69, 9.17) is 6.53 Å². The summed E-state index contributed by atoms with van der Waals surface area (Å²) in [6.45, 7) is 4.87. The first kappa shape index (κ1) is 6.94. The molecule has 0 nitrogen and oxygen atoms in total. The average Bonchev–Trinajstić information content (AvgIpc) is 1.36. The van der Waals surface area contributed by atoms with Gasteiger partial charge >= 0.3 is 50.4 Å². The summed E-state index contributed by atoms with van der Waals surface area (Å²) in [5.41, 5.74) is 0. The molecule has 0 aromatic carbocycles.